The third-order valence-corrected chi connectivity index (χ3v) is 5.69. The molecule has 188 valence electrons. The first-order chi connectivity index (χ1) is 16.3. The molecule has 1 aliphatic heterocycles. The summed E-state index contributed by atoms with van der Waals surface area (Å²) in [4.78, 5) is 40.7. The number of urea groups is 1. The lowest BCUT2D eigenvalue weighted by Gasteiger charge is -2.28. The monoisotopic (exact) mass is 512 g/mol. The van der Waals surface area contributed by atoms with E-state index >= 15 is 0 Å². The van der Waals surface area contributed by atoms with Crippen LogP contribution in [0.25, 0.3) is 0 Å². The van der Waals surface area contributed by atoms with E-state index in [9.17, 15) is 27.6 Å². The number of carbonyl (C=O) groups excluding carboxylic acids is 3. The zero-order valence-electron chi connectivity index (χ0n) is 19.0. The second-order valence-electron chi connectivity index (χ2n) is 8.47. The minimum atomic E-state index is -4.51. The lowest BCUT2D eigenvalue weighted by Crippen LogP contribution is -2.56. The number of fused-ring (bicyclic) bond motifs is 1. The Morgan fingerprint density at radius 3 is 2.43 bits per heavy atom. The van der Waals surface area contributed by atoms with E-state index < -0.39 is 36.2 Å². The van der Waals surface area contributed by atoms with Gasteiger partial charge in [-0.15, -0.1) is 0 Å². The summed E-state index contributed by atoms with van der Waals surface area (Å²) in [6.45, 7) is 1.88. The van der Waals surface area contributed by atoms with Gasteiger partial charge in [-0.05, 0) is 43.7 Å². The highest BCUT2D eigenvalue weighted by Gasteiger charge is 2.33. The van der Waals surface area contributed by atoms with Crippen LogP contribution in [-0.4, -0.2) is 54.2 Å². The van der Waals surface area contributed by atoms with Gasteiger partial charge in [0.2, 0.25) is 5.91 Å². The predicted molar refractivity (Wildman–Crippen MR) is 123 cm³/mol. The van der Waals surface area contributed by atoms with Crippen molar-refractivity contribution in [1.29, 1.82) is 0 Å². The van der Waals surface area contributed by atoms with Crippen LogP contribution in [0.15, 0.2) is 42.5 Å². The summed E-state index contributed by atoms with van der Waals surface area (Å²) in [6, 6.07) is 10.1. The number of para-hydroxylation sites is 1. The van der Waals surface area contributed by atoms with Crippen molar-refractivity contribution in [3.05, 3.63) is 58.6 Å². The van der Waals surface area contributed by atoms with Crippen LogP contribution in [0.5, 0.6) is 5.75 Å². The molecule has 2 aromatic rings. The molecule has 0 fully saturated rings. The quantitative estimate of drug-likeness (QED) is 0.637. The lowest BCUT2D eigenvalue weighted by molar-refractivity contribution is -0.153. The number of hydrogen-bond donors (Lipinski definition) is 2. The molecule has 1 heterocycles. The van der Waals surface area contributed by atoms with Crippen LogP contribution in [0, 0.1) is 0 Å². The Balaban J connectivity index is 1.84. The van der Waals surface area contributed by atoms with Crippen LogP contribution < -0.4 is 20.7 Å². The van der Waals surface area contributed by atoms with Crippen LogP contribution in [0.1, 0.15) is 29.8 Å². The van der Waals surface area contributed by atoms with Gasteiger partial charge in [-0.25, -0.2) is 4.79 Å². The van der Waals surface area contributed by atoms with Crippen molar-refractivity contribution >= 4 is 35.1 Å². The van der Waals surface area contributed by atoms with Crippen LogP contribution in [0.3, 0.4) is 0 Å². The third-order valence-electron chi connectivity index (χ3n) is 5.38. The number of anilines is 1. The Hall–Kier alpha value is -3.47. The summed E-state index contributed by atoms with van der Waals surface area (Å²) in [5.41, 5.74) is 5.36. The van der Waals surface area contributed by atoms with Gasteiger partial charge in [0, 0.05) is 25.3 Å². The number of benzene rings is 2. The fraction of sp³-hybridized carbons (Fsp3) is 0.348. The van der Waals surface area contributed by atoms with Crippen molar-refractivity contribution in [3.8, 4) is 5.75 Å². The van der Waals surface area contributed by atoms with E-state index in [-0.39, 0.29) is 36.0 Å². The second kappa shape index (κ2) is 10.0. The minimum Gasteiger partial charge on any atom is -0.484 e. The Morgan fingerprint density at radius 1 is 1.11 bits per heavy atom. The van der Waals surface area contributed by atoms with Gasteiger partial charge in [0.25, 0.3) is 5.91 Å². The van der Waals surface area contributed by atoms with Gasteiger partial charge in [0.15, 0.2) is 6.61 Å². The molecule has 0 unspecified atom stereocenters. The summed E-state index contributed by atoms with van der Waals surface area (Å²) >= 11 is 6.22. The number of nitrogens with zero attached hydrogens (tertiary/aromatic N) is 2. The van der Waals surface area contributed by atoms with Gasteiger partial charge in [-0.3, -0.25) is 9.59 Å². The highest BCUT2D eigenvalue weighted by molar-refractivity contribution is 6.34. The number of ether oxygens (including phenoxy) is 1. The largest absolute Gasteiger partial charge is 0.484 e. The fourth-order valence-electron chi connectivity index (χ4n) is 3.40. The number of alkyl halides is 3. The summed E-state index contributed by atoms with van der Waals surface area (Å²) in [5.74, 6) is -1.32. The molecule has 35 heavy (non-hydrogen) atoms. The number of amides is 4. The molecule has 0 radical (unpaired) electrons. The standard InChI is InChI=1S/C23H24ClF3N4O4/c1-22(2,20(28)33)29-21(34)30-9-10-31(18-6-4-3-5-14(18)12-30)19(32)16-8-7-15(11-17(16)24)35-13-23(25,26)27/h3-8,11H,9-10,12-13H2,1-2H3,(H2,28,33)(H,29,34). The molecule has 0 spiro atoms. The van der Waals surface area contributed by atoms with Gasteiger partial charge in [-0.1, -0.05) is 29.8 Å². The molecule has 0 aliphatic carbocycles. The molecular formula is C23H24ClF3N4O4. The van der Waals surface area contributed by atoms with Crippen molar-refractivity contribution in [3.63, 3.8) is 0 Å². The molecule has 3 rings (SSSR count). The Bertz CT molecular complexity index is 1140. The highest BCUT2D eigenvalue weighted by Crippen LogP contribution is 2.30. The molecule has 2 aromatic carbocycles. The number of halogens is 4. The number of primary amides is 1. The van der Waals surface area contributed by atoms with E-state index in [1.165, 1.54) is 35.8 Å². The van der Waals surface area contributed by atoms with Crippen molar-refractivity contribution in [2.75, 3.05) is 24.6 Å². The zero-order valence-corrected chi connectivity index (χ0v) is 19.7. The van der Waals surface area contributed by atoms with Crippen molar-refractivity contribution in [2.45, 2.75) is 32.1 Å². The molecule has 0 saturated heterocycles. The fourth-order valence-corrected chi connectivity index (χ4v) is 3.65. The first kappa shape index (κ1) is 26.1. The van der Waals surface area contributed by atoms with Crippen LogP contribution in [0.2, 0.25) is 5.02 Å². The van der Waals surface area contributed by atoms with Crippen molar-refractivity contribution < 1.29 is 32.3 Å². The smallest absolute Gasteiger partial charge is 0.422 e. The number of nitrogens with one attached hydrogen (secondary N) is 1. The molecule has 8 nitrogen and oxygen atoms in total. The first-order valence-corrected chi connectivity index (χ1v) is 10.9. The molecular weight excluding hydrogens is 489 g/mol. The maximum atomic E-state index is 13.4. The average Bonchev–Trinajstić information content (AvgIpc) is 2.96. The topological polar surface area (TPSA) is 105 Å². The summed E-state index contributed by atoms with van der Waals surface area (Å²) in [7, 11) is 0. The molecule has 1 aliphatic rings. The maximum Gasteiger partial charge on any atom is 0.422 e. The number of rotatable bonds is 5. The Kier molecular flexibility index (Phi) is 7.49. The van der Waals surface area contributed by atoms with E-state index in [0.717, 1.165) is 6.07 Å². The van der Waals surface area contributed by atoms with E-state index in [4.69, 9.17) is 17.3 Å². The van der Waals surface area contributed by atoms with Gasteiger partial charge in [0.1, 0.15) is 11.3 Å². The van der Waals surface area contributed by atoms with Crippen molar-refractivity contribution in [2.24, 2.45) is 5.73 Å². The summed E-state index contributed by atoms with van der Waals surface area (Å²) in [5, 5.41) is 2.52. The predicted octanol–water partition coefficient (Wildman–Crippen LogP) is 3.72. The van der Waals surface area contributed by atoms with Gasteiger partial charge >= 0.3 is 12.2 Å². The third kappa shape index (κ3) is 6.36. The van der Waals surface area contributed by atoms with Crippen LogP contribution in [-0.2, 0) is 11.3 Å². The Labute approximate surface area is 204 Å². The van der Waals surface area contributed by atoms with Gasteiger partial charge in [-0.2, -0.15) is 13.2 Å². The lowest BCUT2D eigenvalue weighted by atomic mass is 10.1. The van der Waals surface area contributed by atoms with E-state index in [1.54, 1.807) is 24.3 Å². The molecule has 0 saturated carbocycles. The molecule has 12 heteroatoms. The normalized spacial score (nSPS) is 14.1. The Morgan fingerprint density at radius 2 is 1.80 bits per heavy atom. The zero-order chi connectivity index (χ0) is 26.0. The maximum absolute atomic E-state index is 13.4. The van der Waals surface area contributed by atoms with E-state index in [0.29, 0.717) is 11.3 Å². The first-order valence-electron chi connectivity index (χ1n) is 10.5. The summed E-state index contributed by atoms with van der Waals surface area (Å²) < 4.78 is 41.9. The van der Waals surface area contributed by atoms with Crippen LogP contribution >= 0.6 is 11.6 Å². The van der Waals surface area contributed by atoms with Gasteiger partial charge < -0.3 is 25.6 Å². The van der Waals surface area contributed by atoms with E-state index in [2.05, 4.69) is 10.1 Å². The molecule has 0 bridgehead atoms. The summed E-state index contributed by atoms with van der Waals surface area (Å²) in [6.07, 6.45) is -4.51. The minimum absolute atomic E-state index is 0.0635. The average molecular weight is 513 g/mol. The van der Waals surface area contributed by atoms with E-state index in [1.807, 2.05) is 0 Å². The number of hydrogen-bond acceptors (Lipinski definition) is 4. The molecule has 4 amide bonds. The number of carbonyl (C=O) groups is 3. The highest BCUT2D eigenvalue weighted by atomic mass is 35.5. The SMILES string of the molecule is CC(C)(NC(=O)N1CCN(C(=O)c2ccc(OCC(F)(F)F)cc2Cl)c2ccccc2C1)C(N)=O. The number of nitrogens with two attached hydrogens (primary N) is 1. The second-order valence-corrected chi connectivity index (χ2v) is 8.88. The molecule has 3 N–H and O–H groups in total. The molecule has 0 aromatic heterocycles. The van der Waals surface area contributed by atoms with Crippen molar-refractivity contribution in [1.82, 2.24) is 10.2 Å². The van der Waals surface area contributed by atoms with Gasteiger partial charge in [0.05, 0.1) is 10.6 Å². The molecule has 0 atom stereocenters. The van der Waals surface area contributed by atoms with Crippen LogP contribution in [0.4, 0.5) is 23.7 Å².